The third kappa shape index (κ3) is 2.62. The number of pyridine rings is 1. The second-order valence-electron chi connectivity index (χ2n) is 5.77. The first kappa shape index (κ1) is 13.5. The molecule has 1 fully saturated rings. The molecular formula is C16H18N5S+. The Morgan fingerprint density at radius 2 is 2.36 bits per heavy atom. The maximum Gasteiger partial charge on any atom is 0.177 e. The number of thiazole rings is 1. The van der Waals surface area contributed by atoms with E-state index in [0.717, 1.165) is 30.1 Å². The van der Waals surface area contributed by atoms with Crippen molar-refractivity contribution in [3.05, 3.63) is 46.8 Å². The molecule has 0 aromatic carbocycles. The molecule has 0 radical (unpaired) electrons. The fourth-order valence-corrected chi connectivity index (χ4v) is 3.29. The number of hydrogen-bond donors (Lipinski definition) is 1. The van der Waals surface area contributed by atoms with Crippen molar-refractivity contribution in [3.8, 4) is 0 Å². The van der Waals surface area contributed by atoms with E-state index in [0.29, 0.717) is 11.9 Å². The molecule has 1 aliphatic rings. The zero-order chi connectivity index (χ0) is 15.1. The third-order valence-corrected chi connectivity index (χ3v) is 4.67. The lowest BCUT2D eigenvalue weighted by molar-refractivity contribution is -0.670. The van der Waals surface area contributed by atoms with E-state index in [1.807, 2.05) is 12.4 Å². The van der Waals surface area contributed by atoms with E-state index in [4.69, 9.17) is 5.73 Å². The van der Waals surface area contributed by atoms with Crippen molar-refractivity contribution in [1.82, 2.24) is 9.55 Å². The summed E-state index contributed by atoms with van der Waals surface area (Å²) < 4.78 is 4.27. The number of nitrogens with two attached hydrogens (primary N) is 1. The molecule has 5 nitrogen and oxygen atoms in total. The van der Waals surface area contributed by atoms with Gasteiger partial charge in [0.25, 0.3) is 0 Å². The van der Waals surface area contributed by atoms with Gasteiger partial charge in [-0.25, -0.2) is 9.55 Å². The smallest absolute Gasteiger partial charge is 0.177 e. The van der Waals surface area contributed by atoms with Crippen LogP contribution in [0.2, 0.25) is 0 Å². The van der Waals surface area contributed by atoms with Crippen LogP contribution in [0.15, 0.2) is 41.1 Å². The Morgan fingerprint density at radius 1 is 1.50 bits per heavy atom. The molecule has 1 saturated carbocycles. The Morgan fingerprint density at radius 3 is 3.18 bits per heavy atom. The molecule has 0 aliphatic heterocycles. The number of aromatic nitrogens is 3. The molecule has 112 valence electrons. The molecule has 0 saturated heterocycles. The van der Waals surface area contributed by atoms with E-state index in [1.54, 1.807) is 11.3 Å². The van der Waals surface area contributed by atoms with E-state index >= 15 is 0 Å². The minimum Gasteiger partial charge on any atom is -0.382 e. The van der Waals surface area contributed by atoms with Crippen LogP contribution in [0.25, 0.3) is 10.9 Å². The molecule has 3 aromatic heterocycles. The summed E-state index contributed by atoms with van der Waals surface area (Å²) >= 11 is 1.64. The molecule has 2 N–H and O–H groups in total. The van der Waals surface area contributed by atoms with Gasteiger partial charge in [-0.05, 0) is 18.9 Å². The summed E-state index contributed by atoms with van der Waals surface area (Å²) in [6, 6.07) is 4.69. The molecule has 0 bridgehead atoms. The van der Waals surface area contributed by atoms with Crippen molar-refractivity contribution in [2.45, 2.75) is 25.4 Å². The van der Waals surface area contributed by atoms with Gasteiger partial charge in [-0.1, -0.05) is 0 Å². The van der Waals surface area contributed by atoms with E-state index < -0.39 is 0 Å². The fraction of sp³-hybridized carbons (Fsp3) is 0.312. The van der Waals surface area contributed by atoms with E-state index in [2.05, 4.69) is 49.8 Å². The van der Waals surface area contributed by atoms with Crippen LogP contribution in [0.3, 0.4) is 0 Å². The molecular weight excluding hydrogens is 294 g/mol. The standard InChI is InChI=1S/C16H18N5S/c1-20-6-5-14-11(8-20)4-7-21(14)9-15-19-13(10-22-15)16(17)18-12-2-3-12/h4-8,10,12H,2-3,9H2,1H3,(H2,17,18)/q+1. The number of fused-ring (bicyclic) bond motifs is 1. The highest BCUT2D eigenvalue weighted by Gasteiger charge is 2.21. The van der Waals surface area contributed by atoms with E-state index in [9.17, 15) is 0 Å². The zero-order valence-electron chi connectivity index (χ0n) is 12.4. The Balaban J connectivity index is 1.58. The number of aryl methyl sites for hydroxylation is 1. The Hall–Kier alpha value is -2.21. The molecule has 0 unspecified atom stereocenters. The molecule has 22 heavy (non-hydrogen) atoms. The number of amidine groups is 1. The zero-order valence-corrected chi connectivity index (χ0v) is 13.3. The number of aliphatic imine (C=N–C) groups is 1. The van der Waals surface area contributed by atoms with Gasteiger partial charge in [-0.15, -0.1) is 11.3 Å². The average molecular weight is 312 g/mol. The Kier molecular flexibility index (Phi) is 3.18. The van der Waals surface area contributed by atoms with E-state index in [-0.39, 0.29) is 0 Å². The molecule has 1 aliphatic carbocycles. The lowest BCUT2D eigenvalue weighted by Gasteiger charge is -2.01. The van der Waals surface area contributed by atoms with Gasteiger partial charge in [0, 0.05) is 17.6 Å². The lowest BCUT2D eigenvalue weighted by Crippen LogP contribution is -2.25. The topological polar surface area (TPSA) is 60.1 Å². The predicted octanol–water partition coefficient (Wildman–Crippen LogP) is 1.84. The van der Waals surface area contributed by atoms with Crippen molar-refractivity contribution in [1.29, 1.82) is 0 Å². The van der Waals surface area contributed by atoms with Crippen molar-refractivity contribution in [3.63, 3.8) is 0 Å². The first-order valence-corrected chi connectivity index (χ1v) is 8.29. The average Bonchev–Trinajstić information content (AvgIpc) is 3.05. The fourth-order valence-electron chi connectivity index (χ4n) is 2.50. The molecule has 6 heteroatoms. The van der Waals surface area contributed by atoms with Crippen LogP contribution in [-0.4, -0.2) is 21.4 Å². The van der Waals surface area contributed by atoms with Crippen LogP contribution in [0.4, 0.5) is 0 Å². The number of nitrogens with zero attached hydrogens (tertiary/aromatic N) is 4. The van der Waals surface area contributed by atoms with Crippen molar-refractivity contribution >= 4 is 28.1 Å². The normalized spacial score (nSPS) is 15.6. The SMILES string of the molecule is C[n+]1ccc2c(ccn2Cc2nc(C(N)=NC3CC3)cs2)c1. The lowest BCUT2D eigenvalue weighted by atomic mass is 10.3. The quantitative estimate of drug-likeness (QED) is 0.454. The molecule has 0 spiro atoms. The van der Waals surface area contributed by atoms with Crippen molar-refractivity contribution in [2.75, 3.05) is 0 Å². The van der Waals surface area contributed by atoms with Gasteiger partial charge in [0.2, 0.25) is 0 Å². The van der Waals surface area contributed by atoms with Crippen LogP contribution in [0.1, 0.15) is 23.5 Å². The first-order valence-electron chi connectivity index (χ1n) is 7.41. The molecule has 4 rings (SSSR count). The second-order valence-corrected chi connectivity index (χ2v) is 6.71. The van der Waals surface area contributed by atoms with Gasteiger partial charge in [0.15, 0.2) is 12.4 Å². The number of hydrogen-bond acceptors (Lipinski definition) is 3. The molecule has 0 atom stereocenters. The summed E-state index contributed by atoms with van der Waals surface area (Å²) in [6.45, 7) is 0.763. The molecule has 0 amide bonds. The summed E-state index contributed by atoms with van der Waals surface area (Å²) in [5.41, 5.74) is 8.05. The Bertz CT molecular complexity index is 856. The van der Waals surface area contributed by atoms with Crippen LogP contribution < -0.4 is 10.3 Å². The second kappa shape index (κ2) is 5.21. The van der Waals surface area contributed by atoms with Crippen LogP contribution >= 0.6 is 11.3 Å². The maximum absolute atomic E-state index is 6.01. The minimum absolute atomic E-state index is 0.430. The van der Waals surface area contributed by atoms with Gasteiger partial charge in [-0.2, -0.15) is 0 Å². The summed E-state index contributed by atoms with van der Waals surface area (Å²) in [5, 5.41) is 4.29. The number of rotatable bonds is 4. The van der Waals surface area contributed by atoms with Gasteiger partial charge in [0.05, 0.1) is 23.5 Å². The maximum atomic E-state index is 6.01. The molecule has 3 aromatic rings. The highest BCUT2D eigenvalue weighted by atomic mass is 32.1. The molecule has 3 heterocycles. The highest BCUT2D eigenvalue weighted by molar-refractivity contribution is 7.09. The van der Waals surface area contributed by atoms with Gasteiger partial charge in [0.1, 0.15) is 23.6 Å². The van der Waals surface area contributed by atoms with E-state index in [1.165, 1.54) is 10.9 Å². The van der Waals surface area contributed by atoms with Crippen molar-refractivity contribution < 1.29 is 4.57 Å². The van der Waals surface area contributed by atoms with Crippen LogP contribution in [0.5, 0.6) is 0 Å². The van der Waals surface area contributed by atoms with Gasteiger partial charge in [-0.3, -0.25) is 4.99 Å². The summed E-state index contributed by atoms with van der Waals surface area (Å²) in [6.07, 6.45) is 8.61. The summed E-state index contributed by atoms with van der Waals surface area (Å²) in [7, 11) is 2.03. The van der Waals surface area contributed by atoms with Crippen LogP contribution in [-0.2, 0) is 13.6 Å². The van der Waals surface area contributed by atoms with Crippen molar-refractivity contribution in [2.24, 2.45) is 17.8 Å². The minimum atomic E-state index is 0.430. The van der Waals surface area contributed by atoms with Gasteiger partial charge >= 0.3 is 0 Å². The third-order valence-electron chi connectivity index (χ3n) is 3.84. The highest BCUT2D eigenvalue weighted by Crippen LogP contribution is 2.24. The van der Waals surface area contributed by atoms with Gasteiger partial charge < -0.3 is 10.3 Å². The van der Waals surface area contributed by atoms with Crippen LogP contribution in [0, 0.1) is 0 Å². The summed E-state index contributed by atoms with van der Waals surface area (Å²) in [4.78, 5) is 9.08. The monoisotopic (exact) mass is 312 g/mol. The largest absolute Gasteiger partial charge is 0.382 e. The summed E-state index contributed by atoms with van der Waals surface area (Å²) in [5.74, 6) is 0.578. The Labute approximate surface area is 132 Å². The first-order chi connectivity index (χ1) is 10.7. The predicted molar refractivity (Wildman–Crippen MR) is 88.1 cm³/mol.